The van der Waals surface area contributed by atoms with Crippen LogP contribution in [0.15, 0.2) is 48.5 Å². The third kappa shape index (κ3) is 2.27. The molecule has 1 atom stereocenters. The third-order valence-electron chi connectivity index (χ3n) is 3.02. The third-order valence-corrected chi connectivity index (χ3v) is 5.65. The van der Waals surface area contributed by atoms with E-state index in [-0.39, 0.29) is 0 Å². The van der Waals surface area contributed by atoms with Crippen LogP contribution in [0.3, 0.4) is 0 Å². The first-order chi connectivity index (χ1) is 8.58. The second kappa shape index (κ2) is 5.09. The standard InChI is InChI=1S/C15H17O2P/c1-12-9-10-15(13(2)11-12)18(16,17-3)14-7-5-4-6-8-14/h4-11H,1-3H3/t18-/m0/s1. The average Bonchev–Trinajstić information content (AvgIpc) is 2.39. The van der Waals surface area contributed by atoms with E-state index in [1.807, 2.05) is 62.4 Å². The van der Waals surface area contributed by atoms with Gasteiger partial charge >= 0.3 is 0 Å². The molecule has 0 amide bonds. The summed E-state index contributed by atoms with van der Waals surface area (Å²) in [5, 5.41) is 1.52. The van der Waals surface area contributed by atoms with Crippen LogP contribution in [0.25, 0.3) is 0 Å². The summed E-state index contributed by atoms with van der Waals surface area (Å²) < 4.78 is 18.5. The molecular formula is C15H17O2P. The molecule has 94 valence electrons. The van der Waals surface area contributed by atoms with Crippen LogP contribution in [-0.4, -0.2) is 7.11 Å². The number of benzene rings is 2. The van der Waals surface area contributed by atoms with Crippen molar-refractivity contribution >= 4 is 18.0 Å². The molecule has 0 fully saturated rings. The normalized spacial score (nSPS) is 14.2. The van der Waals surface area contributed by atoms with Gasteiger partial charge in [0.1, 0.15) is 0 Å². The van der Waals surface area contributed by atoms with Crippen LogP contribution in [0.1, 0.15) is 11.1 Å². The van der Waals surface area contributed by atoms with Crippen LogP contribution < -0.4 is 10.6 Å². The molecule has 0 aliphatic carbocycles. The van der Waals surface area contributed by atoms with E-state index in [2.05, 4.69) is 0 Å². The largest absolute Gasteiger partial charge is 0.325 e. The van der Waals surface area contributed by atoms with Gasteiger partial charge in [-0.25, -0.2) is 0 Å². The molecule has 0 spiro atoms. The maximum Gasteiger partial charge on any atom is 0.261 e. The molecule has 2 aromatic carbocycles. The van der Waals surface area contributed by atoms with Crippen LogP contribution in [0.4, 0.5) is 0 Å². The fraction of sp³-hybridized carbons (Fsp3) is 0.200. The topological polar surface area (TPSA) is 26.3 Å². The highest BCUT2D eigenvalue weighted by Gasteiger charge is 2.28. The zero-order valence-corrected chi connectivity index (χ0v) is 11.8. The highest BCUT2D eigenvalue weighted by molar-refractivity contribution is 7.74. The predicted molar refractivity (Wildman–Crippen MR) is 76.2 cm³/mol. The van der Waals surface area contributed by atoms with Gasteiger partial charge in [0.05, 0.1) is 0 Å². The van der Waals surface area contributed by atoms with Crippen LogP contribution >= 0.6 is 7.37 Å². The molecule has 0 N–H and O–H groups in total. The minimum absolute atomic E-state index is 0.736. The fourth-order valence-electron chi connectivity index (χ4n) is 2.10. The maximum absolute atomic E-state index is 13.1. The van der Waals surface area contributed by atoms with Crippen molar-refractivity contribution in [2.45, 2.75) is 13.8 Å². The number of hydrogen-bond acceptors (Lipinski definition) is 2. The van der Waals surface area contributed by atoms with Gasteiger partial charge in [0.2, 0.25) is 0 Å². The summed E-state index contributed by atoms with van der Waals surface area (Å²) in [6, 6.07) is 15.3. The number of aryl methyl sites for hydroxylation is 2. The van der Waals surface area contributed by atoms with Gasteiger partial charge in [-0.1, -0.05) is 35.9 Å². The van der Waals surface area contributed by atoms with Gasteiger partial charge in [-0.3, -0.25) is 4.57 Å². The Morgan fingerprint density at radius 2 is 1.67 bits per heavy atom. The van der Waals surface area contributed by atoms with Crippen LogP contribution in [0, 0.1) is 13.8 Å². The second-order valence-electron chi connectivity index (χ2n) is 4.36. The SMILES string of the molecule is CO[P@@](=O)(c1ccccc1)c1ccc(C)cc1C. The van der Waals surface area contributed by atoms with Crippen molar-refractivity contribution in [2.75, 3.05) is 7.11 Å². The molecule has 0 bridgehead atoms. The smallest absolute Gasteiger partial charge is 0.261 e. The molecule has 0 saturated heterocycles. The summed E-state index contributed by atoms with van der Waals surface area (Å²) in [7, 11) is -1.46. The molecule has 0 saturated carbocycles. The van der Waals surface area contributed by atoms with E-state index >= 15 is 0 Å². The lowest BCUT2D eigenvalue weighted by molar-refractivity contribution is 0.412. The molecular weight excluding hydrogens is 243 g/mol. The summed E-state index contributed by atoms with van der Waals surface area (Å²) in [5.41, 5.74) is 2.16. The molecule has 0 unspecified atom stereocenters. The molecule has 0 heterocycles. The van der Waals surface area contributed by atoms with Gasteiger partial charge in [0.25, 0.3) is 7.37 Å². The van der Waals surface area contributed by atoms with Gasteiger partial charge in [-0.15, -0.1) is 0 Å². The Balaban J connectivity index is 2.61. The molecule has 0 radical (unpaired) electrons. The monoisotopic (exact) mass is 260 g/mol. The summed E-state index contributed by atoms with van der Waals surface area (Å²) in [4.78, 5) is 0. The second-order valence-corrected chi connectivity index (χ2v) is 6.83. The summed E-state index contributed by atoms with van der Waals surface area (Å²) in [6.07, 6.45) is 0. The van der Waals surface area contributed by atoms with E-state index in [0.717, 1.165) is 21.7 Å². The van der Waals surface area contributed by atoms with E-state index < -0.39 is 7.37 Å². The van der Waals surface area contributed by atoms with Gasteiger partial charge in [-0.05, 0) is 37.6 Å². The molecule has 3 heteroatoms. The Labute approximate surface area is 108 Å². The van der Waals surface area contributed by atoms with Crippen LogP contribution in [-0.2, 0) is 9.09 Å². The average molecular weight is 260 g/mol. The zero-order valence-electron chi connectivity index (χ0n) is 10.9. The molecule has 0 aliphatic rings. The first-order valence-corrected chi connectivity index (χ1v) is 7.49. The van der Waals surface area contributed by atoms with Gasteiger partial charge < -0.3 is 4.52 Å². The summed E-state index contributed by atoms with van der Waals surface area (Å²) >= 11 is 0. The first kappa shape index (κ1) is 13.1. The van der Waals surface area contributed by atoms with Gasteiger partial charge in [-0.2, -0.15) is 0 Å². The Hall–Kier alpha value is -1.37. The molecule has 0 aliphatic heterocycles. The Morgan fingerprint density at radius 1 is 1.00 bits per heavy atom. The van der Waals surface area contributed by atoms with Gasteiger partial charge in [0, 0.05) is 17.7 Å². The van der Waals surface area contributed by atoms with Crippen molar-refractivity contribution < 1.29 is 9.09 Å². The van der Waals surface area contributed by atoms with Crippen LogP contribution in [0.2, 0.25) is 0 Å². The number of rotatable bonds is 3. The molecule has 18 heavy (non-hydrogen) atoms. The van der Waals surface area contributed by atoms with Crippen molar-refractivity contribution in [3.05, 3.63) is 59.7 Å². The first-order valence-electron chi connectivity index (χ1n) is 5.87. The van der Waals surface area contributed by atoms with Crippen molar-refractivity contribution in [1.29, 1.82) is 0 Å². The number of hydrogen-bond donors (Lipinski definition) is 0. The van der Waals surface area contributed by atoms with Gasteiger partial charge in [0.15, 0.2) is 0 Å². The van der Waals surface area contributed by atoms with Crippen molar-refractivity contribution in [1.82, 2.24) is 0 Å². The Morgan fingerprint density at radius 3 is 2.22 bits per heavy atom. The highest BCUT2D eigenvalue weighted by Crippen LogP contribution is 2.44. The van der Waals surface area contributed by atoms with Crippen molar-refractivity contribution in [2.24, 2.45) is 0 Å². The Kier molecular flexibility index (Phi) is 3.70. The molecule has 0 aromatic heterocycles. The summed E-state index contributed by atoms with van der Waals surface area (Å²) in [5.74, 6) is 0. The molecule has 2 nitrogen and oxygen atoms in total. The minimum atomic E-state index is -2.96. The lowest BCUT2D eigenvalue weighted by Gasteiger charge is -2.19. The lowest BCUT2D eigenvalue weighted by atomic mass is 10.2. The van der Waals surface area contributed by atoms with E-state index in [1.54, 1.807) is 0 Å². The maximum atomic E-state index is 13.1. The van der Waals surface area contributed by atoms with E-state index in [1.165, 1.54) is 7.11 Å². The minimum Gasteiger partial charge on any atom is -0.325 e. The predicted octanol–water partition coefficient (Wildman–Crippen LogP) is 3.18. The van der Waals surface area contributed by atoms with Crippen molar-refractivity contribution in [3.8, 4) is 0 Å². The quantitative estimate of drug-likeness (QED) is 0.792. The molecule has 2 rings (SSSR count). The lowest BCUT2D eigenvalue weighted by Crippen LogP contribution is -2.19. The van der Waals surface area contributed by atoms with Crippen LogP contribution in [0.5, 0.6) is 0 Å². The van der Waals surface area contributed by atoms with E-state index in [4.69, 9.17) is 4.52 Å². The zero-order chi connectivity index (χ0) is 13.2. The Bertz CT molecular complexity index is 591. The molecule has 2 aromatic rings. The van der Waals surface area contributed by atoms with E-state index in [9.17, 15) is 4.57 Å². The fourth-order valence-corrected chi connectivity index (χ4v) is 4.15. The highest BCUT2D eigenvalue weighted by atomic mass is 31.2. The van der Waals surface area contributed by atoms with E-state index in [0.29, 0.717) is 0 Å². The van der Waals surface area contributed by atoms with Crippen molar-refractivity contribution in [3.63, 3.8) is 0 Å². The summed E-state index contributed by atoms with van der Waals surface area (Å²) in [6.45, 7) is 3.99.